The third-order valence-electron chi connectivity index (χ3n) is 5.13. The van der Waals surface area contributed by atoms with E-state index >= 15 is 0 Å². The first-order valence-electron chi connectivity index (χ1n) is 8.46. The number of rotatable bonds is 7. The summed E-state index contributed by atoms with van der Waals surface area (Å²) >= 11 is 0. The standard InChI is InChI=1S/C16H33N3/c1-3-15(2)19-12-10-18(11-13-19)9-8-17-14-16-6-4-5-7-16/h15-17H,3-14H2,1-2H3. The molecule has 2 aliphatic rings. The first-order valence-corrected chi connectivity index (χ1v) is 8.46. The molecule has 3 nitrogen and oxygen atoms in total. The molecule has 1 N–H and O–H groups in total. The van der Waals surface area contributed by atoms with Gasteiger partial charge in [0, 0.05) is 45.3 Å². The monoisotopic (exact) mass is 267 g/mol. The molecule has 3 heteroatoms. The van der Waals surface area contributed by atoms with E-state index in [1.165, 1.54) is 77.9 Å². The van der Waals surface area contributed by atoms with Crippen LogP contribution in [0, 0.1) is 5.92 Å². The Kier molecular flexibility index (Phi) is 6.62. The molecular weight excluding hydrogens is 234 g/mol. The van der Waals surface area contributed by atoms with Crippen LogP contribution >= 0.6 is 0 Å². The van der Waals surface area contributed by atoms with Crippen molar-refractivity contribution in [2.24, 2.45) is 5.92 Å². The topological polar surface area (TPSA) is 18.5 Å². The SMILES string of the molecule is CCC(C)N1CCN(CCNCC2CCCC2)CC1. The highest BCUT2D eigenvalue weighted by molar-refractivity contribution is 4.76. The molecule has 0 amide bonds. The largest absolute Gasteiger partial charge is 0.315 e. The molecule has 0 spiro atoms. The van der Waals surface area contributed by atoms with Crippen molar-refractivity contribution in [3.8, 4) is 0 Å². The van der Waals surface area contributed by atoms with Crippen LogP contribution < -0.4 is 5.32 Å². The molecule has 1 aliphatic carbocycles. The van der Waals surface area contributed by atoms with Crippen molar-refractivity contribution < 1.29 is 0 Å². The summed E-state index contributed by atoms with van der Waals surface area (Å²) in [6, 6.07) is 0.766. The molecule has 0 bridgehead atoms. The summed E-state index contributed by atoms with van der Waals surface area (Å²) in [7, 11) is 0. The Morgan fingerprint density at radius 1 is 1.11 bits per heavy atom. The lowest BCUT2D eigenvalue weighted by Crippen LogP contribution is -2.50. The predicted octanol–water partition coefficient (Wildman–Crippen LogP) is 2.18. The molecular formula is C16H33N3. The molecule has 1 saturated carbocycles. The Hall–Kier alpha value is -0.120. The Morgan fingerprint density at radius 3 is 2.42 bits per heavy atom. The molecule has 2 fully saturated rings. The van der Waals surface area contributed by atoms with Gasteiger partial charge in [-0.25, -0.2) is 0 Å². The maximum absolute atomic E-state index is 3.66. The molecule has 112 valence electrons. The highest BCUT2D eigenvalue weighted by Gasteiger charge is 2.19. The lowest BCUT2D eigenvalue weighted by atomic mass is 10.1. The van der Waals surface area contributed by atoms with E-state index in [-0.39, 0.29) is 0 Å². The Balaban J connectivity index is 1.50. The summed E-state index contributed by atoms with van der Waals surface area (Å²) in [6.45, 7) is 13.4. The first kappa shape index (κ1) is 15.3. The average Bonchev–Trinajstić information content (AvgIpc) is 2.96. The Bertz CT molecular complexity index is 230. The minimum Gasteiger partial charge on any atom is -0.315 e. The molecule has 19 heavy (non-hydrogen) atoms. The van der Waals surface area contributed by atoms with E-state index in [0.29, 0.717) is 0 Å². The van der Waals surface area contributed by atoms with Gasteiger partial charge in [-0.05, 0) is 38.6 Å². The molecule has 0 aromatic rings. The van der Waals surface area contributed by atoms with E-state index in [4.69, 9.17) is 0 Å². The smallest absolute Gasteiger partial charge is 0.0113 e. The summed E-state index contributed by atoms with van der Waals surface area (Å²) in [5, 5.41) is 3.66. The minimum atomic E-state index is 0.766. The number of hydrogen-bond donors (Lipinski definition) is 1. The van der Waals surface area contributed by atoms with E-state index in [1.54, 1.807) is 0 Å². The zero-order valence-electron chi connectivity index (χ0n) is 13.0. The van der Waals surface area contributed by atoms with Gasteiger partial charge >= 0.3 is 0 Å². The second-order valence-electron chi connectivity index (χ2n) is 6.49. The zero-order valence-corrected chi connectivity index (χ0v) is 13.0. The van der Waals surface area contributed by atoms with Crippen molar-refractivity contribution in [1.29, 1.82) is 0 Å². The van der Waals surface area contributed by atoms with Crippen molar-refractivity contribution in [3.05, 3.63) is 0 Å². The van der Waals surface area contributed by atoms with Crippen molar-refractivity contribution in [2.75, 3.05) is 45.8 Å². The molecule has 0 aromatic carbocycles. The van der Waals surface area contributed by atoms with Crippen LogP contribution in [-0.4, -0.2) is 61.7 Å². The lowest BCUT2D eigenvalue weighted by Gasteiger charge is -2.37. The number of nitrogens with one attached hydrogen (secondary N) is 1. The summed E-state index contributed by atoms with van der Waals surface area (Å²) in [5.74, 6) is 0.974. The number of piperazine rings is 1. The summed E-state index contributed by atoms with van der Waals surface area (Å²) in [6.07, 6.45) is 7.12. The molecule has 2 rings (SSSR count). The molecule has 1 atom stereocenters. The molecule has 1 unspecified atom stereocenters. The molecule has 1 aliphatic heterocycles. The van der Waals surface area contributed by atoms with Gasteiger partial charge in [0.15, 0.2) is 0 Å². The fraction of sp³-hybridized carbons (Fsp3) is 1.00. The predicted molar refractivity (Wildman–Crippen MR) is 82.6 cm³/mol. The van der Waals surface area contributed by atoms with Crippen molar-refractivity contribution >= 4 is 0 Å². The van der Waals surface area contributed by atoms with E-state index < -0.39 is 0 Å². The Labute approximate surface area is 119 Å². The van der Waals surface area contributed by atoms with Crippen LogP contribution in [0.25, 0.3) is 0 Å². The van der Waals surface area contributed by atoms with Crippen LogP contribution in [0.2, 0.25) is 0 Å². The number of nitrogens with zero attached hydrogens (tertiary/aromatic N) is 2. The van der Waals surface area contributed by atoms with Gasteiger partial charge in [0.1, 0.15) is 0 Å². The average molecular weight is 267 g/mol. The second kappa shape index (κ2) is 8.23. The van der Waals surface area contributed by atoms with Gasteiger partial charge in [0.2, 0.25) is 0 Å². The van der Waals surface area contributed by atoms with Gasteiger partial charge in [0.25, 0.3) is 0 Å². The maximum atomic E-state index is 3.66. The highest BCUT2D eigenvalue weighted by Crippen LogP contribution is 2.23. The van der Waals surface area contributed by atoms with Crippen molar-refractivity contribution in [3.63, 3.8) is 0 Å². The van der Waals surface area contributed by atoms with Gasteiger partial charge < -0.3 is 5.32 Å². The first-order chi connectivity index (χ1) is 9.29. The normalized spacial score (nSPS) is 24.9. The number of hydrogen-bond acceptors (Lipinski definition) is 3. The quantitative estimate of drug-likeness (QED) is 0.713. The van der Waals surface area contributed by atoms with Gasteiger partial charge in [0.05, 0.1) is 0 Å². The van der Waals surface area contributed by atoms with Crippen LogP contribution in [0.4, 0.5) is 0 Å². The maximum Gasteiger partial charge on any atom is 0.0113 e. The van der Waals surface area contributed by atoms with E-state index in [2.05, 4.69) is 29.0 Å². The molecule has 0 aromatic heterocycles. The van der Waals surface area contributed by atoms with Crippen LogP contribution in [0.5, 0.6) is 0 Å². The van der Waals surface area contributed by atoms with E-state index in [1.807, 2.05) is 0 Å². The van der Waals surface area contributed by atoms with E-state index in [0.717, 1.165) is 12.0 Å². The fourth-order valence-corrected chi connectivity index (χ4v) is 3.44. The van der Waals surface area contributed by atoms with Crippen molar-refractivity contribution in [1.82, 2.24) is 15.1 Å². The summed E-state index contributed by atoms with van der Waals surface area (Å²) < 4.78 is 0. The van der Waals surface area contributed by atoms with Gasteiger partial charge in [-0.15, -0.1) is 0 Å². The van der Waals surface area contributed by atoms with E-state index in [9.17, 15) is 0 Å². The summed E-state index contributed by atoms with van der Waals surface area (Å²) in [4.78, 5) is 5.27. The molecule has 0 radical (unpaired) electrons. The van der Waals surface area contributed by atoms with Crippen LogP contribution in [-0.2, 0) is 0 Å². The molecule has 1 heterocycles. The van der Waals surface area contributed by atoms with Crippen LogP contribution in [0.15, 0.2) is 0 Å². The third kappa shape index (κ3) is 5.05. The zero-order chi connectivity index (χ0) is 13.5. The van der Waals surface area contributed by atoms with Crippen LogP contribution in [0.3, 0.4) is 0 Å². The molecule has 1 saturated heterocycles. The minimum absolute atomic E-state index is 0.766. The van der Waals surface area contributed by atoms with Gasteiger partial charge in [-0.2, -0.15) is 0 Å². The van der Waals surface area contributed by atoms with Crippen LogP contribution in [0.1, 0.15) is 46.0 Å². The fourth-order valence-electron chi connectivity index (χ4n) is 3.44. The third-order valence-corrected chi connectivity index (χ3v) is 5.13. The summed E-state index contributed by atoms with van der Waals surface area (Å²) in [5.41, 5.74) is 0. The highest BCUT2D eigenvalue weighted by atomic mass is 15.3. The Morgan fingerprint density at radius 2 is 1.79 bits per heavy atom. The van der Waals surface area contributed by atoms with Gasteiger partial charge in [-0.1, -0.05) is 19.8 Å². The van der Waals surface area contributed by atoms with Crippen molar-refractivity contribution in [2.45, 2.75) is 52.0 Å². The lowest BCUT2D eigenvalue weighted by molar-refractivity contribution is 0.101. The van der Waals surface area contributed by atoms with Gasteiger partial charge in [-0.3, -0.25) is 9.80 Å². The second-order valence-corrected chi connectivity index (χ2v) is 6.49.